The number of hydrogen-bond acceptors (Lipinski definition) is 2. The van der Waals surface area contributed by atoms with Crippen molar-refractivity contribution in [3.8, 4) is 0 Å². The van der Waals surface area contributed by atoms with E-state index >= 15 is 0 Å². The van der Waals surface area contributed by atoms with Crippen LogP contribution in [0.1, 0.15) is 44.7 Å². The van der Waals surface area contributed by atoms with E-state index in [0.717, 1.165) is 36.7 Å². The minimum Gasteiger partial charge on any atom is -0.494 e. The lowest BCUT2D eigenvalue weighted by atomic mass is 9.91. The van der Waals surface area contributed by atoms with E-state index in [1.54, 1.807) is 0 Å². The maximum absolute atomic E-state index is 6.10. The van der Waals surface area contributed by atoms with E-state index in [2.05, 4.69) is 17.5 Å². The molecule has 0 saturated carbocycles. The molecular weight excluding hydrogens is 306 g/mol. The summed E-state index contributed by atoms with van der Waals surface area (Å²) in [5.41, 5.74) is 5.31. The highest BCUT2D eigenvalue weighted by molar-refractivity contribution is 6.30. The molecule has 0 atom stereocenters. The van der Waals surface area contributed by atoms with E-state index in [1.807, 2.05) is 45.1 Å². The van der Waals surface area contributed by atoms with Crippen molar-refractivity contribution in [3.63, 3.8) is 0 Å². The Morgan fingerprint density at radius 3 is 2.48 bits per heavy atom. The normalized spacial score (nSPS) is 17.7. The molecule has 0 spiro atoms. The molecule has 0 bridgehead atoms. The van der Waals surface area contributed by atoms with Crippen LogP contribution in [-0.2, 0) is 11.3 Å². The summed E-state index contributed by atoms with van der Waals surface area (Å²) in [5.74, 6) is 0.980. The molecule has 3 rings (SSSR count). The zero-order chi connectivity index (χ0) is 16.7. The fraction of sp³-hybridized carbons (Fsp3) is 0.400. The summed E-state index contributed by atoms with van der Waals surface area (Å²) in [7, 11) is 0. The first-order chi connectivity index (χ1) is 11.2. The van der Waals surface area contributed by atoms with Crippen LogP contribution in [-0.4, -0.2) is 13.1 Å². The van der Waals surface area contributed by atoms with Gasteiger partial charge in [-0.2, -0.15) is 0 Å². The molecule has 124 valence electrons. The summed E-state index contributed by atoms with van der Waals surface area (Å²) in [6.45, 7) is 8.76. The first kappa shape index (κ1) is 17.8. The van der Waals surface area contributed by atoms with Crippen LogP contribution >= 0.6 is 11.6 Å². The van der Waals surface area contributed by atoms with Gasteiger partial charge < -0.3 is 10.1 Å². The third-order valence-electron chi connectivity index (χ3n) is 4.08. The molecular formula is C20H26ClNO. The van der Waals surface area contributed by atoms with Gasteiger partial charge in [-0.3, -0.25) is 0 Å². The molecule has 23 heavy (non-hydrogen) atoms. The van der Waals surface area contributed by atoms with E-state index in [9.17, 15) is 0 Å². The second-order valence-corrected chi connectivity index (χ2v) is 6.22. The number of nitrogens with one attached hydrogen (secondary N) is 1. The minimum atomic E-state index is 0.604. The molecule has 0 unspecified atom stereocenters. The molecule has 2 aliphatic rings. The molecule has 3 heteroatoms. The standard InChI is InChI=1S/C16H18ClNO.C4H8/c1-11-8-16(12-4-6-18-7-5-12)15-3-2-14(17)9-13(15)10-19-11;1-3-4-2/h2-3,8-9,18H,4-7,10H2,1H3;3-4H,1-2H3/b;4-3-. The molecule has 1 aromatic carbocycles. The van der Waals surface area contributed by atoms with Crippen LogP contribution in [0.4, 0.5) is 0 Å². The first-order valence-corrected chi connectivity index (χ1v) is 8.63. The maximum Gasteiger partial charge on any atom is 0.113 e. The highest BCUT2D eigenvalue weighted by atomic mass is 35.5. The van der Waals surface area contributed by atoms with Gasteiger partial charge in [0.25, 0.3) is 0 Å². The van der Waals surface area contributed by atoms with Gasteiger partial charge in [-0.15, -0.1) is 0 Å². The molecule has 2 heterocycles. The number of fused-ring (bicyclic) bond motifs is 1. The lowest BCUT2D eigenvalue weighted by Crippen LogP contribution is -2.23. The molecule has 2 nitrogen and oxygen atoms in total. The van der Waals surface area contributed by atoms with Crippen molar-refractivity contribution >= 4 is 17.2 Å². The smallest absolute Gasteiger partial charge is 0.113 e. The van der Waals surface area contributed by atoms with Gasteiger partial charge in [0.1, 0.15) is 6.61 Å². The van der Waals surface area contributed by atoms with E-state index in [-0.39, 0.29) is 0 Å². The summed E-state index contributed by atoms with van der Waals surface area (Å²) >= 11 is 6.10. The first-order valence-electron chi connectivity index (χ1n) is 8.25. The lowest BCUT2D eigenvalue weighted by Gasteiger charge is -2.19. The predicted octanol–water partition coefficient (Wildman–Crippen LogP) is 5.49. The van der Waals surface area contributed by atoms with Crippen LogP contribution < -0.4 is 5.32 Å². The Morgan fingerprint density at radius 1 is 1.13 bits per heavy atom. The lowest BCUT2D eigenvalue weighted by molar-refractivity contribution is 0.202. The second-order valence-electron chi connectivity index (χ2n) is 5.78. The van der Waals surface area contributed by atoms with Gasteiger partial charge in [-0.1, -0.05) is 35.4 Å². The monoisotopic (exact) mass is 331 g/mol. The van der Waals surface area contributed by atoms with Crippen molar-refractivity contribution in [2.75, 3.05) is 13.1 Å². The van der Waals surface area contributed by atoms with Gasteiger partial charge in [-0.05, 0) is 81.6 Å². The van der Waals surface area contributed by atoms with Crippen LogP contribution in [0.3, 0.4) is 0 Å². The Morgan fingerprint density at radius 2 is 1.83 bits per heavy atom. The van der Waals surface area contributed by atoms with Crippen molar-refractivity contribution in [1.29, 1.82) is 0 Å². The average molecular weight is 332 g/mol. The Bertz CT molecular complexity index is 617. The molecule has 0 amide bonds. The van der Waals surface area contributed by atoms with Gasteiger partial charge >= 0.3 is 0 Å². The number of rotatable bonds is 0. The van der Waals surface area contributed by atoms with Crippen LogP contribution in [0, 0.1) is 0 Å². The van der Waals surface area contributed by atoms with Crippen molar-refractivity contribution in [3.05, 3.63) is 63.9 Å². The summed E-state index contributed by atoms with van der Waals surface area (Å²) < 4.78 is 5.76. The molecule has 1 aromatic rings. The van der Waals surface area contributed by atoms with E-state index in [0.29, 0.717) is 6.61 Å². The van der Waals surface area contributed by atoms with Crippen LogP contribution in [0.15, 0.2) is 47.8 Å². The van der Waals surface area contributed by atoms with Crippen molar-refractivity contribution < 1.29 is 4.74 Å². The highest BCUT2D eigenvalue weighted by Gasteiger charge is 2.17. The Hall–Kier alpha value is -1.51. The van der Waals surface area contributed by atoms with Gasteiger partial charge in [0.2, 0.25) is 0 Å². The molecule has 0 aromatic heterocycles. The van der Waals surface area contributed by atoms with E-state index < -0.39 is 0 Å². The van der Waals surface area contributed by atoms with Gasteiger partial charge in [0.05, 0.1) is 5.76 Å². The summed E-state index contributed by atoms with van der Waals surface area (Å²) in [6, 6.07) is 6.11. The minimum absolute atomic E-state index is 0.604. The SMILES string of the molecule is C/C=C\C.CC1=CC(=C2CCNCC2)c2ccc(Cl)cc2CO1. The zero-order valence-corrected chi connectivity index (χ0v) is 15.0. The summed E-state index contributed by atoms with van der Waals surface area (Å²) in [6.07, 6.45) is 8.41. The number of halogens is 1. The number of allylic oxidation sites excluding steroid dienone is 5. The fourth-order valence-corrected chi connectivity index (χ4v) is 2.94. The van der Waals surface area contributed by atoms with E-state index in [1.165, 1.54) is 22.3 Å². The molecule has 2 aliphatic heterocycles. The molecule has 1 N–H and O–H groups in total. The Balaban J connectivity index is 0.000000433. The topological polar surface area (TPSA) is 21.3 Å². The van der Waals surface area contributed by atoms with E-state index in [4.69, 9.17) is 16.3 Å². The summed E-state index contributed by atoms with van der Waals surface area (Å²) in [4.78, 5) is 0. The average Bonchev–Trinajstić information content (AvgIpc) is 2.75. The summed E-state index contributed by atoms with van der Waals surface area (Å²) in [5, 5.41) is 4.18. The van der Waals surface area contributed by atoms with Crippen molar-refractivity contribution in [1.82, 2.24) is 5.32 Å². The zero-order valence-electron chi connectivity index (χ0n) is 14.3. The van der Waals surface area contributed by atoms with Crippen LogP contribution in [0.25, 0.3) is 5.57 Å². The van der Waals surface area contributed by atoms with Crippen LogP contribution in [0.2, 0.25) is 5.02 Å². The number of hydrogen-bond donors (Lipinski definition) is 1. The van der Waals surface area contributed by atoms with Crippen LogP contribution in [0.5, 0.6) is 0 Å². The predicted molar refractivity (Wildman–Crippen MR) is 99.5 cm³/mol. The molecule has 0 aliphatic carbocycles. The van der Waals surface area contributed by atoms with Gasteiger partial charge in [-0.25, -0.2) is 0 Å². The van der Waals surface area contributed by atoms with Gasteiger partial charge in [0.15, 0.2) is 0 Å². The van der Waals surface area contributed by atoms with Crippen molar-refractivity contribution in [2.45, 2.75) is 40.2 Å². The highest BCUT2D eigenvalue weighted by Crippen LogP contribution is 2.33. The third-order valence-corrected chi connectivity index (χ3v) is 4.32. The Labute approximate surface area is 144 Å². The largest absolute Gasteiger partial charge is 0.494 e. The second kappa shape index (κ2) is 8.95. The quantitative estimate of drug-likeness (QED) is 0.634. The number of ether oxygens (including phenoxy) is 1. The third kappa shape index (κ3) is 4.98. The fourth-order valence-electron chi connectivity index (χ4n) is 2.75. The Kier molecular flexibility index (Phi) is 6.94. The molecule has 1 fully saturated rings. The number of piperidine rings is 1. The molecule has 0 radical (unpaired) electrons. The van der Waals surface area contributed by atoms with Gasteiger partial charge in [0, 0.05) is 5.02 Å². The maximum atomic E-state index is 6.10. The molecule has 1 saturated heterocycles. The number of benzene rings is 1. The van der Waals surface area contributed by atoms with Crippen molar-refractivity contribution in [2.24, 2.45) is 0 Å².